The Labute approximate surface area is 122 Å². The Bertz CT molecular complexity index is 477. The lowest BCUT2D eigenvalue weighted by molar-refractivity contribution is -0.124. The lowest BCUT2D eigenvalue weighted by Gasteiger charge is -2.20. The summed E-state index contributed by atoms with van der Waals surface area (Å²) < 4.78 is 5.37. The molecule has 1 saturated heterocycles. The summed E-state index contributed by atoms with van der Waals surface area (Å²) in [6.45, 7) is 0.672. The van der Waals surface area contributed by atoms with Gasteiger partial charge in [0.05, 0.1) is 5.69 Å². The Kier molecular flexibility index (Phi) is 4.21. The third kappa shape index (κ3) is 2.96. The number of ether oxygens (including phenoxy) is 1. The first-order chi connectivity index (χ1) is 9.74. The minimum absolute atomic E-state index is 0.0913. The van der Waals surface area contributed by atoms with E-state index in [1.54, 1.807) is 0 Å². The van der Waals surface area contributed by atoms with Crippen LogP contribution in [0.1, 0.15) is 56.6 Å². The zero-order chi connectivity index (χ0) is 13.9. The van der Waals surface area contributed by atoms with E-state index < -0.39 is 0 Å². The molecule has 20 heavy (non-hydrogen) atoms. The van der Waals surface area contributed by atoms with Crippen LogP contribution >= 0.6 is 11.3 Å². The number of hydrogen-bond donors (Lipinski definition) is 2. The maximum Gasteiger partial charge on any atom is 0.255 e. The molecule has 0 spiro atoms. The average Bonchev–Trinajstić information content (AvgIpc) is 3.09. The molecule has 1 saturated carbocycles. The van der Waals surface area contributed by atoms with Crippen LogP contribution in [0.2, 0.25) is 0 Å². The van der Waals surface area contributed by atoms with Crippen molar-refractivity contribution in [3.63, 3.8) is 0 Å². The number of carbonyl (C=O) groups excluding carboxylic acids is 1. The van der Waals surface area contributed by atoms with Gasteiger partial charge in [0.2, 0.25) is 0 Å². The van der Waals surface area contributed by atoms with Crippen LogP contribution in [0.5, 0.6) is 0 Å². The number of anilines is 2. The summed E-state index contributed by atoms with van der Waals surface area (Å²) in [5, 5.41) is 4.21. The first-order valence-electron chi connectivity index (χ1n) is 7.42. The van der Waals surface area contributed by atoms with Crippen LogP contribution in [0.4, 0.5) is 10.1 Å². The summed E-state index contributed by atoms with van der Waals surface area (Å²) >= 11 is 1.37. The van der Waals surface area contributed by atoms with Crippen LogP contribution in [0.15, 0.2) is 0 Å². The number of nitrogens with zero attached hydrogens (tertiary/aromatic N) is 1. The Balaban J connectivity index is 1.66. The number of nitrogen functional groups attached to an aromatic ring is 1. The molecule has 1 amide bonds. The Hall–Kier alpha value is -1.14. The second-order valence-corrected chi connectivity index (χ2v) is 6.63. The Morgan fingerprint density at radius 1 is 1.25 bits per heavy atom. The SMILES string of the molecule is Nc1sc(NC(=O)C2CCCO2)nc1C1CCCCC1. The third-order valence-electron chi connectivity index (χ3n) is 4.13. The molecule has 0 bridgehead atoms. The Morgan fingerprint density at radius 2 is 2.05 bits per heavy atom. The molecule has 2 aliphatic rings. The fraction of sp³-hybridized carbons (Fsp3) is 0.714. The molecule has 0 radical (unpaired) electrons. The van der Waals surface area contributed by atoms with Crippen molar-refractivity contribution in [2.24, 2.45) is 0 Å². The minimum Gasteiger partial charge on any atom is -0.389 e. The van der Waals surface area contributed by atoms with Gasteiger partial charge in [-0.1, -0.05) is 30.6 Å². The highest BCUT2D eigenvalue weighted by molar-refractivity contribution is 7.19. The number of thiazole rings is 1. The molecule has 2 heterocycles. The van der Waals surface area contributed by atoms with Gasteiger partial charge in [-0.25, -0.2) is 4.98 Å². The largest absolute Gasteiger partial charge is 0.389 e. The van der Waals surface area contributed by atoms with Crippen LogP contribution in [-0.4, -0.2) is 23.6 Å². The minimum atomic E-state index is -0.321. The van der Waals surface area contributed by atoms with E-state index in [-0.39, 0.29) is 12.0 Å². The van der Waals surface area contributed by atoms with Gasteiger partial charge >= 0.3 is 0 Å². The quantitative estimate of drug-likeness (QED) is 0.899. The number of hydrogen-bond acceptors (Lipinski definition) is 5. The molecule has 3 N–H and O–H groups in total. The zero-order valence-corrected chi connectivity index (χ0v) is 12.4. The number of amides is 1. The van der Waals surface area contributed by atoms with Crippen molar-refractivity contribution in [1.82, 2.24) is 4.98 Å². The summed E-state index contributed by atoms with van der Waals surface area (Å²) in [5.41, 5.74) is 7.06. The fourth-order valence-corrected chi connectivity index (χ4v) is 3.86. The van der Waals surface area contributed by atoms with Crippen molar-refractivity contribution in [3.05, 3.63) is 5.69 Å². The van der Waals surface area contributed by atoms with Crippen molar-refractivity contribution < 1.29 is 9.53 Å². The molecule has 5 nitrogen and oxygen atoms in total. The second kappa shape index (κ2) is 6.10. The molecule has 1 aromatic rings. The van der Waals surface area contributed by atoms with E-state index in [1.807, 2.05) is 0 Å². The van der Waals surface area contributed by atoms with Crippen LogP contribution in [0.3, 0.4) is 0 Å². The molecular formula is C14H21N3O2S. The van der Waals surface area contributed by atoms with Gasteiger partial charge in [-0.05, 0) is 25.7 Å². The summed E-state index contributed by atoms with van der Waals surface area (Å²) in [6, 6.07) is 0. The predicted octanol–water partition coefficient (Wildman–Crippen LogP) is 2.89. The monoisotopic (exact) mass is 295 g/mol. The lowest BCUT2D eigenvalue weighted by Crippen LogP contribution is -2.26. The van der Waals surface area contributed by atoms with Crippen molar-refractivity contribution in [2.45, 2.75) is 57.0 Å². The molecular weight excluding hydrogens is 274 g/mol. The molecule has 1 aliphatic heterocycles. The fourth-order valence-electron chi connectivity index (χ4n) is 3.04. The van der Waals surface area contributed by atoms with Gasteiger partial charge in [0.25, 0.3) is 5.91 Å². The normalized spacial score (nSPS) is 23.9. The second-order valence-electron chi connectivity index (χ2n) is 5.59. The van der Waals surface area contributed by atoms with Gasteiger partial charge in [-0.3, -0.25) is 10.1 Å². The highest BCUT2D eigenvalue weighted by Crippen LogP contribution is 2.38. The van der Waals surface area contributed by atoms with Crippen molar-refractivity contribution in [2.75, 3.05) is 17.7 Å². The standard InChI is InChI=1S/C14H21N3O2S/c15-12-11(9-5-2-1-3-6-9)16-14(20-12)17-13(18)10-7-4-8-19-10/h9-10H,1-8,15H2,(H,16,17,18). The summed E-state index contributed by atoms with van der Waals surface area (Å²) in [6.07, 6.45) is 7.55. The van der Waals surface area contributed by atoms with E-state index in [9.17, 15) is 4.79 Å². The van der Waals surface area contributed by atoms with E-state index in [0.717, 1.165) is 36.4 Å². The molecule has 110 valence electrons. The van der Waals surface area contributed by atoms with Crippen molar-refractivity contribution in [3.8, 4) is 0 Å². The molecule has 2 fully saturated rings. The van der Waals surface area contributed by atoms with Gasteiger partial charge in [-0.15, -0.1) is 0 Å². The number of aromatic nitrogens is 1. The summed E-state index contributed by atoms with van der Waals surface area (Å²) in [7, 11) is 0. The molecule has 1 aliphatic carbocycles. The smallest absolute Gasteiger partial charge is 0.255 e. The molecule has 3 rings (SSSR count). The molecule has 1 atom stereocenters. The molecule has 0 aromatic carbocycles. The van der Waals surface area contributed by atoms with Gasteiger partial charge in [0, 0.05) is 12.5 Å². The highest BCUT2D eigenvalue weighted by Gasteiger charge is 2.26. The first-order valence-corrected chi connectivity index (χ1v) is 8.24. The van der Waals surface area contributed by atoms with E-state index in [2.05, 4.69) is 10.3 Å². The highest BCUT2D eigenvalue weighted by atomic mass is 32.1. The zero-order valence-electron chi connectivity index (χ0n) is 11.6. The van der Waals surface area contributed by atoms with Crippen LogP contribution < -0.4 is 11.1 Å². The van der Waals surface area contributed by atoms with E-state index >= 15 is 0 Å². The molecule has 1 unspecified atom stereocenters. The number of nitrogens with one attached hydrogen (secondary N) is 1. The lowest BCUT2D eigenvalue weighted by atomic mass is 9.87. The van der Waals surface area contributed by atoms with Crippen LogP contribution in [0, 0.1) is 0 Å². The summed E-state index contributed by atoms with van der Waals surface area (Å²) in [4.78, 5) is 16.6. The maximum absolute atomic E-state index is 12.0. The number of carbonyl (C=O) groups is 1. The van der Waals surface area contributed by atoms with E-state index in [4.69, 9.17) is 10.5 Å². The Morgan fingerprint density at radius 3 is 2.75 bits per heavy atom. The topological polar surface area (TPSA) is 77.2 Å². The number of rotatable bonds is 3. The van der Waals surface area contributed by atoms with Crippen molar-refractivity contribution in [1.29, 1.82) is 0 Å². The first kappa shape index (κ1) is 13.8. The average molecular weight is 295 g/mol. The number of nitrogens with two attached hydrogens (primary N) is 1. The van der Waals surface area contributed by atoms with E-state index in [0.29, 0.717) is 17.7 Å². The predicted molar refractivity (Wildman–Crippen MR) is 80.0 cm³/mol. The maximum atomic E-state index is 12.0. The molecule has 1 aromatic heterocycles. The van der Waals surface area contributed by atoms with Gasteiger partial charge < -0.3 is 10.5 Å². The van der Waals surface area contributed by atoms with E-state index in [1.165, 1.54) is 30.6 Å². The van der Waals surface area contributed by atoms with Crippen LogP contribution in [-0.2, 0) is 9.53 Å². The van der Waals surface area contributed by atoms with Crippen LogP contribution in [0.25, 0.3) is 0 Å². The summed E-state index contributed by atoms with van der Waals surface area (Å²) in [5.74, 6) is 0.375. The van der Waals surface area contributed by atoms with Gasteiger partial charge in [0.1, 0.15) is 11.1 Å². The van der Waals surface area contributed by atoms with Gasteiger partial charge in [-0.2, -0.15) is 0 Å². The third-order valence-corrected chi connectivity index (χ3v) is 4.94. The molecule has 6 heteroatoms. The van der Waals surface area contributed by atoms with Crippen molar-refractivity contribution >= 4 is 27.4 Å². The van der Waals surface area contributed by atoms with Gasteiger partial charge in [0.15, 0.2) is 5.13 Å².